The summed E-state index contributed by atoms with van der Waals surface area (Å²) < 4.78 is 0. The molecule has 0 aliphatic heterocycles. The molecule has 0 unspecified atom stereocenters. The quantitative estimate of drug-likeness (QED) is 0.381. The Morgan fingerprint density at radius 3 is 3.00 bits per heavy atom. The highest BCUT2D eigenvalue weighted by atomic mass is 16.1. The van der Waals surface area contributed by atoms with E-state index in [4.69, 9.17) is 5.73 Å². The van der Waals surface area contributed by atoms with Gasteiger partial charge in [0.25, 0.3) is 0 Å². The van der Waals surface area contributed by atoms with Crippen LogP contribution in [-0.2, 0) is 4.79 Å². The molecule has 10 heavy (non-hydrogen) atoms. The number of aliphatic imine (C=N–C) groups is 2. The first kappa shape index (κ1) is 8.61. The van der Waals surface area contributed by atoms with Crippen molar-refractivity contribution in [2.24, 2.45) is 15.7 Å². The maximum absolute atomic E-state index is 10.5. The summed E-state index contributed by atoms with van der Waals surface area (Å²) in [6.45, 7) is 0.0911. The van der Waals surface area contributed by atoms with Crippen LogP contribution >= 0.6 is 0 Å². The summed E-state index contributed by atoms with van der Waals surface area (Å²) >= 11 is 0. The topological polar surface area (TPSA) is 79.8 Å². The number of rotatable bonds is 3. The minimum absolute atomic E-state index is 0.0911. The van der Waals surface area contributed by atoms with Crippen molar-refractivity contribution in [2.75, 3.05) is 13.6 Å². The lowest BCUT2D eigenvalue weighted by Gasteiger charge is -1.89. The Morgan fingerprint density at radius 1 is 1.80 bits per heavy atom. The fourth-order valence-corrected chi connectivity index (χ4v) is 0.288. The Bertz CT molecular complexity index is 152. The van der Waals surface area contributed by atoms with Crippen molar-refractivity contribution in [1.29, 1.82) is 0 Å². The highest BCUT2D eigenvalue weighted by molar-refractivity contribution is 5.80. The van der Waals surface area contributed by atoms with E-state index in [0.29, 0.717) is 0 Å². The zero-order valence-corrected chi connectivity index (χ0v) is 5.74. The van der Waals surface area contributed by atoms with Gasteiger partial charge in [-0.15, -0.1) is 0 Å². The molecular weight excluding hydrogens is 132 g/mol. The lowest BCUT2D eigenvalue weighted by molar-refractivity contribution is -0.119. The molecular formula is C5H10N4O. The van der Waals surface area contributed by atoms with Gasteiger partial charge in [0.15, 0.2) is 0 Å². The molecule has 0 fully saturated rings. The first-order valence-electron chi connectivity index (χ1n) is 2.73. The van der Waals surface area contributed by atoms with Crippen LogP contribution < -0.4 is 11.1 Å². The molecule has 0 bridgehead atoms. The van der Waals surface area contributed by atoms with Gasteiger partial charge in [-0.2, -0.15) is 0 Å². The molecule has 0 radical (unpaired) electrons. The summed E-state index contributed by atoms with van der Waals surface area (Å²) in [6, 6.07) is 0. The van der Waals surface area contributed by atoms with Crippen LogP contribution in [0.25, 0.3) is 0 Å². The smallest absolute Gasteiger partial charge is 0.241 e. The van der Waals surface area contributed by atoms with E-state index in [9.17, 15) is 4.79 Å². The van der Waals surface area contributed by atoms with E-state index in [2.05, 4.69) is 15.3 Å². The third kappa shape index (κ3) is 4.76. The van der Waals surface area contributed by atoms with Crippen LogP contribution in [0, 0.1) is 0 Å². The number of nitrogens with zero attached hydrogens (tertiary/aromatic N) is 2. The van der Waals surface area contributed by atoms with E-state index in [1.54, 1.807) is 7.05 Å². The Hall–Kier alpha value is -1.39. The molecule has 0 aromatic rings. The molecule has 0 aliphatic carbocycles. The van der Waals surface area contributed by atoms with Crippen molar-refractivity contribution < 1.29 is 4.79 Å². The number of nitrogens with one attached hydrogen (secondary N) is 1. The van der Waals surface area contributed by atoms with Crippen molar-refractivity contribution in [3.63, 3.8) is 0 Å². The number of hydrogen-bond donors (Lipinski definition) is 2. The Labute approximate surface area is 59.0 Å². The summed E-state index contributed by atoms with van der Waals surface area (Å²) in [5.74, 6) is -0.150. The van der Waals surface area contributed by atoms with Crippen LogP contribution in [-0.4, -0.2) is 32.2 Å². The second kappa shape index (κ2) is 5.74. The number of nitrogens with two attached hydrogens (primary N) is 1. The van der Waals surface area contributed by atoms with Crippen molar-refractivity contribution in [3.05, 3.63) is 0 Å². The molecule has 5 heteroatoms. The van der Waals surface area contributed by atoms with E-state index >= 15 is 0 Å². The Balaban J connectivity index is 3.43. The maximum atomic E-state index is 10.5. The van der Waals surface area contributed by atoms with Gasteiger partial charge in [-0.05, 0) is 0 Å². The lowest BCUT2D eigenvalue weighted by atomic mass is 10.6. The second-order valence-corrected chi connectivity index (χ2v) is 1.43. The van der Waals surface area contributed by atoms with Crippen LogP contribution in [0.1, 0.15) is 0 Å². The minimum Gasteiger partial charge on any atom is -0.390 e. The van der Waals surface area contributed by atoms with Gasteiger partial charge < -0.3 is 11.1 Å². The number of carbonyl (C=O) groups is 1. The molecule has 0 aromatic carbocycles. The largest absolute Gasteiger partial charge is 0.390 e. The molecule has 1 amide bonds. The summed E-state index contributed by atoms with van der Waals surface area (Å²) in [7, 11) is 1.55. The SMILES string of the molecule is CNC(=O)C/N=C\N=C\N. The summed E-state index contributed by atoms with van der Waals surface area (Å²) in [5.41, 5.74) is 4.89. The fourth-order valence-electron chi connectivity index (χ4n) is 0.288. The third-order valence-corrected chi connectivity index (χ3v) is 0.748. The zero-order valence-electron chi connectivity index (χ0n) is 5.74. The highest BCUT2D eigenvalue weighted by Crippen LogP contribution is 1.67. The van der Waals surface area contributed by atoms with Gasteiger partial charge in [0, 0.05) is 7.05 Å². The molecule has 0 rings (SSSR count). The van der Waals surface area contributed by atoms with Crippen molar-refractivity contribution in [2.45, 2.75) is 0 Å². The van der Waals surface area contributed by atoms with Gasteiger partial charge >= 0.3 is 0 Å². The fraction of sp³-hybridized carbons (Fsp3) is 0.400. The minimum atomic E-state index is -0.150. The first-order chi connectivity index (χ1) is 4.81. The van der Waals surface area contributed by atoms with Crippen LogP contribution in [0.3, 0.4) is 0 Å². The van der Waals surface area contributed by atoms with Crippen molar-refractivity contribution in [1.82, 2.24) is 5.32 Å². The standard InChI is InChI=1S/C5H10N4O/c1-7-5(10)2-8-4-9-3-6/h3-4H,2H2,1H3,(H,7,10)(H2,6,8,9). The second-order valence-electron chi connectivity index (χ2n) is 1.43. The molecule has 0 aliphatic rings. The van der Waals surface area contributed by atoms with Crippen LogP contribution in [0.4, 0.5) is 0 Å². The van der Waals surface area contributed by atoms with Gasteiger partial charge in [-0.1, -0.05) is 0 Å². The molecule has 0 atom stereocenters. The molecule has 56 valence electrons. The predicted molar refractivity (Wildman–Crippen MR) is 40.1 cm³/mol. The van der Waals surface area contributed by atoms with Gasteiger partial charge in [0.05, 0.1) is 6.34 Å². The average Bonchev–Trinajstić information content (AvgIpc) is 1.98. The van der Waals surface area contributed by atoms with Gasteiger partial charge in [-0.3, -0.25) is 9.79 Å². The van der Waals surface area contributed by atoms with E-state index in [-0.39, 0.29) is 12.5 Å². The Morgan fingerprint density at radius 2 is 2.50 bits per heavy atom. The average molecular weight is 142 g/mol. The Kier molecular flexibility index (Phi) is 4.94. The van der Waals surface area contributed by atoms with Gasteiger partial charge in [-0.25, -0.2) is 4.99 Å². The molecule has 0 heterocycles. The predicted octanol–water partition coefficient (Wildman–Crippen LogP) is -1.25. The van der Waals surface area contributed by atoms with Crippen LogP contribution in [0.5, 0.6) is 0 Å². The lowest BCUT2D eigenvalue weighted by Crippen LogP contribution is -2.20. The van der Waals surface area contributed by atoms with Crippen molar-refractivity contribution in [3.8, 4) is 0 Å². The maximum Gasteiger partial charge on any atom is 0.241 e. The van der Waals surface area contributed by atoms with E-state index < -0.39 is 0 Å². The normalized spacial score (nSPS) is 10.9. The molecule has 0 saturated heterocycles. The van der Waals surface area contributed by atoms with E-state index in [0.717, 1.165) is 6.34 Å². The molecule has 0 saturated carbocycles. The van der Waals surface area contributed by atoms with Crippen LogP contribution in [0.15, 0.2) is 9.98 Å². The van der Waals surface area contributed by atoms with Gasteiger partial charge in [0.1, 0.15) is 12.9 Å². The first-order valence-corrected chi connectivity index (χ1v) is 2.73. The van der Waals surface area contributed by atoms with E-state index in [1.807, 2.05) is 0 Å². The number of likely N-dealkylation sites (N-methyl/N-ethyl adjacent to an activating group) is 1. The van der Waals surface area contributed by atoms with Crippen LogP contribution in [0.2, 0.25) is 0 Å². The summed E-state index contributed by atoms with van der Waals surface area (Å²) in [5, 5.41) is 2.41. The summed E-state index contributed by atoms with van der Waals surface area (Å²) in [4.78, 5) is 17.5. The van der Waals surface area contributed by atoms with Crippen molar-refractivity contribution >= 4 is 18.6 Å². The summed E-state index contributed by atoms with van der Waals surface area (Å²) in [6.07, 6.45) is 2.34. The third-order valence-electron chi connectivity index (χ3n) is 0.748. The number of hydrogen-bond acceptors (Lipinski definition) is 2. The highest BCUT2D eigenvalue weighted by Gasteiger charge is 1.89. The molecule has 0 aromatic heterocycles. The molecule has 0 spiro atoms. The molecule has 5 nitrogen and oxygen atoms in total. The van der Waals surface area contributed by atoms with Gasteiger partial charge in [0.2, 0.25) is 5.91 Å². The van der Waals surface area contributed by atoms with E-state index in [1.165, 1.54) is 6.34 Å². The molecule has 3 N–H and O–H groups in total. The zero-order chi connectivity index (χ0) is 7.82. The monoisotopic (exact) mass is 142 g/mol. The number of amides is 1. The number of carbonyl (C=O) groups excluding carboxylic acids is 1.